The van der Waals surface area contributed by atoms with Crippen molar-refractivity contribution in [3.63, 3.8) is 0 Å². The third kappa shape index (κ3) is 6.27. The summed E-state index contributed by atoms with van der Waals surface area (Å²) in [6.07, 6.45) is -5.57. The average Bonchev–Trinajstić information content (AvgIpc) is 3.06. The fourth-order valence-corrected chi connectivity index (χ4v) is 7.88. The van der Waals surface area contributed by atoms with Crippen LogP contribution in [-0.4, -0.2) is 56.5 Å². The Labute approximate surface area is 274 Å². The molecule has 3 aromatic carbocycles. The first-order chi connectivity index (χ1) is 22.7. The molecule has 1 aromatic heterocycles. The van der Waals surface area contributed by atoms with Gasteiger partial charge in [-0.15, -0.1) is 0 Å². The van der Waals surface area contributed by atoms with Crippen LogP contribution in [0.4, 0.5) is 23.7 Å². The van der Waals surface area contributed by atoms with E-state index in [1.165, 1.54) is 21.9 Å². The minimum Gasteiger partial charge on any atom is -0.445 e. The van der Waals surface area contributed by atoms with Gasteiger partial charge in [-0.1, -0.05) is 54.6 Å². The molecule has 2 N–H and O–H groups in total. The highest BCUT2D eigenvalue weighted by Gasteiger charge is 2.40. The molecule has 1 saturated heterocycles. The molecule has 2 aliphatic rings. The lowest BCUT2D eigenvalue weighted by atomic mass is 9.95. The number of carbonyl (C=O) groups excluding carboxylic acids is 2. The smallest absolute Gasteiger partial charge is 0.433 e. The molecule has 3 heterocycles. The number of fused-ring (bicyclic) bond motifs is 2. The maximum atomic E-state index is 14.2. The summed E-state index contributed by atoms with van der Waals surface area (Å²) in [6, 6.07) is 18.4. The first-order valence-electron chi connectivity index (χ1n) is 15.1. The highest BCUT2D eigenvalue weighted by atomic mass is 32.2. The van der Waals surface area contributed by atoms with Crippen molar-refractivity contribution >= 4 is 27.5 Å². The Morgan fingerprint density at radius 3 is 2.04 bits per heavy atom. The largest absolute Gasteiger partial charge is 0.445 e. The molecule has 0 aliphatic carbocycles. The van der Waals surface area contributed by atoms with Crippen LogP contribution in [0.3, 0.4) is 0 Å². The van der Waals surface area contributed by atoms with Crippen molar-refractivity contribution < 1.29 is 35.9 Å². The summed E-state index contributed by atoms with van der Waals surface area (Å²) < 4.78 is 75.0. The Morgan fingerprint density at radius 1 is 0.896 bits per heavy atom. The zero-order valence-corrected chi connectivity index (χ0v) is 26.7. The number of aromatic amines is 1. The molecular formula is C34H31F3N4O6S. The predicted octanol–water partition coefficient (Wildman–Crippen LogP) is 5.13. The molecule has 0 atom stereocenters. The van der Waals surface area contributed by atoms with Crippen LogP contribution in [0.15, 0.2) is 87.4 Å². The van der Waals surface area contributed by atoms with E-state index in [0.717, 1.165) is 11.6 Å². The number of H-pyrrole nitrogens is 1. The van der Waals surface area contributed by atoms with Crippen LogP contribution >= 0.6 is 0 Å². The third-order valence-corrected chi connectivity index (χ3v) is 10.3. The standard InChI is InChI=1S/C34H31F3N4O6S/c1-20-8-10-23-27(16-20)48(45,46)28-17-21(2)9-11-24(28)29(23)38-31(42)25-18-26(30(34(35,36)37)39-32(25)43)40-12-14-41(15-13-40)33(44)47-19-22-6-4-3-5-7-22/h3-11,16-18,29H,12-15,19H2,1-2H3,(H,38,42)(H,39,43). The highest BCUT2D eigenvalue weighted by Crippen LogP contribution is 2.42. The molecule has 4 aromatic rings. The zero-order valence-electron chi connectivity index (χ0n) is 25.9. The second-order valence-corrected chi connectivity index (χ2v) is 13.7. The summed E-state index contributed by atoms with van der Waals surface area (Å²) >= 11 is 0. The van der Waals surface area contributed by atoms with Crippen molar-refractivity contribution in [1.82, 2.24) is 15.2 Å². The molecule has 0 bridgehead atoms. The van der Waals surface area contributed by atoms with E-state index in [2.05, 4.69) is 5.32 Å². The molecule has 48 heavy (non-hydrogen) atoms. The Morgan fingerprint density at radius 2 is 1.48 bits per heavy atom. The SMILES string of the molecule is Cc1ccc2c(c1)S(=O)(=O)c1cc(C)ccc1C2NC(=O)c1cc(N2CCN(C(=O)OCc3ccccc3)CC2)c(C(F)(F)F)[nH]c1=O. The Kier molecular flexibility index (Phi) is 8.54. The lowest BCUT2D eigenvalue weighted by molar-refractivity contribution is -0.140. The molecule has 2 aliphatic heterocycles. The Balaban J connectivity index is 1.28. The van der Waals surface area contributed by atoms with E-state index in [1.807, 2.05) is 11.1 Å². The zero-order chi connectivity index (χ0) is 34.4. The minimum absolute atomic E-state index is 0.00640. The van der Waals surface area contributed by atoms with Gasteiger partial charge in [-0.05, 0) is 59.9 Å². The van der Waals surface area contributed by atoms with Gasteiger partial charge in [0.05, 0.1) is 21.5 Å². The van der Waals surface area contributed by atoms with E-state index in [4.69, 9.17) is 4.74 Å². The maximum absolute atomic E-state index is 14.2. The first-order valence-corrected chi connectivity index (χ1v) is 16.5. The van der Waals surface area contributed by atoms with Crippen molar-refractivity contribution in [2.45, 2.75) is 42.5 Å². The van der Waals surface area contributed by atoms with Gasteiger partial charge >= 0.3 is 12.3 Å². The second-order valence-electron chi connectivity index (χ2n) is 11.8. The molecule has 14 heteroatoms. The number of ether oxygens (including phenoxy) is 1. The number of aryl methyl sites for hydroxylation is 2. The van der Waals surface area contributed by atoms with Gasteiger partial charge in [0.1, 0.15) is 17.9 Å². The van der Waals surface area contributed by atoms with Crippen LogP contribution in [0.2, 0.25) is 0 Å². The number of pyridine rings is 1. The van der Waals surface area contributed by atoms with Crippen LogP contribution in [0.5, 0.6) is 0 Å². The summed E-state index contributed by atoms with van der Waals surface area (Å²) in [4.78, 5) is 43.9. The van der Waals surface area contributed by atoms with Gasteiger partial charge in [-0.25, -0.2) is 13.2 Å². The topological polar surface area (TPSA) is 129 Å². The highest BCUT2D eigenvalue weighted by molar-refractivity contribution is 7.91. The van der Waals surface area contributed by atoms with Gasteiger partial charge in [0.2, 0.25) is 9.84 Å². The molecule has 0 unspecified atom stereocenters. The normalized spacial score (nSPS) is 15.8. The van der Waals surface area contributed by atoms with Gasteiger partial charge in [-0.3, -0.25) is 9.59 Å². The number of piperazine rings is 1. The van der Waals surface area contributed by atoms with E-state index < -0.39 is 56.6 Å². The van der Waals surface area contributed by atoms with E-state index in [9.17, 15) is 36.0 Å². The number of hydrogen-bond donors (Lipinski definition) is 2. The number of aromatic nitrogens is 1. The number of rotatable bonds is 5. The number of alkyl halides is 3. The molecule has 2 amide bonds. The third-order valence-electron chi connectivity index (χ3n) is 8.45. The number of sulfone groups is 1. The summed E-state index contributed by atoms with van der Waals surface area (Å²) in [6.45, 7) is 3.51. The van der Waals surface area contributed by atoms with Gasteiger partial charge < -0.3 is 24.8 Å². The number of benzene rings is 3. The van der Waals surface area contributed by atoms with Crippen LogP contribution in [0, 0.1) is 13.8 Å². The maximum Gasteiger partial charge on any atom is 0.433 e. The Hall–Kier alpha value is -5.11. The van der Waals surface area contributed by atoms with Crippen molar-refractivity contribution in [2.24, 2.45) is 0 Å². The van der Waals surface area contributed by atoms with Crippen LogP contribution in [0.25, 0.3) is 0 Å². The summed E-state index contributed by atoms with van der Waals surface area (Å²) in [5.41, 5.74) is -0.934. The predicted molar refractivity (Wildman–Crippen MR) is 170 cm³/mol. The number of amides is 2. The van der Waals surface area contributed by atoms with Crippen molar-refractivity contribution in [3.05, 3.63) is 122 Å². The molecule has 1 fully saturated rings. The fraction of sp³-hybridized carbons (Fsp3) is 0.265. The van der Waals surface area contributed by atoms with E-state index in [-0.39, 0.29) is 53.7 Å². The molecule has 0 saturated carbocycles. The van der Waals surface area contributed by atoms with E-state index in [0.29, 0.717) is 11.1 Å². The average molecular weight is 681 g/mol. The van der Waals surface area contributed by atoms with Gasteiger partial charge in [0, 0.05) is 26.2 Å². The van der Waals surface area contributed by atoms with E-state index >= 15 is 0 Å². The van der Waals surface area contributed by atoms with Crippen LogP contribution in [-0.2, 0) is 27.4 Å². The van der Waals surface area contributed by atoms with Crippen LogP contribution < -0.4 is 15.8 Å². The first kappa shape index (κ1) is 32.8. The second kappa shape index (κ2) is 12.5. The quantitative estimate of drug-likeness (QED) is 0.299. The molecule has 0 spiro atoms. The molecule has 10 nitrogen and oxygen atoms in total. The fourth-order valence-electron chi connectivity index (χ4n) is 5.97. The summed E-state index contributed by atoms with van der Waals surface area (Å²) in [7, 11) is -3.95. The van der Waals surface area contributed by atoms with Gasteiger partial charge in [0.15, 0.2) is 0 Å². The molecular weight excluding hydrogens is 649 g/mol. The number of nitrogens with one attached hydrogen (secondary N) is 2. The number of nitrogens with zero attached hydrogens (tertiary/aromatic N) is 2. The number of carbonyl (C=O) groups is 2. The summed E-state index contributed by atoms with van der Waals surface area (Å²) in [5.74, 6) is -0.989. The number of hydrogen-bond acceptors (Lipinski definition) is 7. The van der Waals surface area contributed by atoms with Crippen molar-refractivity contribution in [3.8, 4) is 0 Å². The van der Waals surface area contributed by atoms with Crippen molar-refractivity contribution in [1.29, 1.82) is 0 Å². The van der Waals surface area contributed by atoms with Gasteiger partial charge in [0.25, 0.3) is 11.5 Å². The summed E-state index contributed by atoms with van der Waals surface area (Å²) in [5, 5.41) is 2.71. The molecule has 6 rings (SSSR count). The number of halogens is 3. The lowest BCUT2D eigenvalue weighted by Crippen LogP contribution is -2.49. The molecule has 250 valence electrons. The molecule has 0 radical (unpaired) electrons. The van der Waals surface area contributed by atoms with Gasteiger partial charge in [-0.2, -0.15) is 13.2 Å². The van der Waals surface area contributed by atoms with E-state index in [1.54, 1.807) is 62.4 Å². The minimum atomic E-state index is -4.96. The van der Waals surface area contributed by atoms with Crippen molar-refractivity contribution in [2.75, 3.05) is 31.1 Å². The monoisotopic (exact) mass is 680 g/mol. The Bertz CT molecular complexity index is 2020. The number of anilines is 1. The van der Waals surface area contributed by atoms with Crippen LogP contribution in [0.1, 0.15) is 49.9 Å². The lowest BCUT2D eigenvalue weighted by Gasteiger charge is -2.36.